The molecule has 0 spiro atoms. The first kappa shape index (κ1) is 31.1. The predicted octanol–water partition coefficient (Wildman–Crippen LogP) is 6.67. The third-order valence-electron chi connectivity index (χ3n) is 12.1. The highest BCUT2D eigenvalue weighted by molar-refractivity contribution is 6.03. The molecule has 1 amide bonds. The smallest absolute Gasteiger partial charge is 0.253 e. The lowest BCUT2D eigenvalue weighted by Gasteiger charge is -2.21. The van der Waals surface area contributed by atoms with Gasteiger partial charge in [0.05, 0.1) is 30.0 Å². The first-order chi connectivity index (χ1) is 24.4. The summed E-state index contributed by atoms with van der Waals surface area (Å²) in [6.45, 7) is 2.87. The van der Waals surface area contributed by atoms with Gasteiger partial charge in [0, 0.05) is 60.2 Å². The number of imidazole rings is 1. The van der Waals surface area contributed by atoms with Gasteiger partial charge in [0.25, 0.3) is 5.91 Å². The van der Waals surface area contributed by atoms with Crippen LogP contribution in [-0.2, 0) is 13.1 Å². The number of hydrogen-bond donors (Lipinski definition) is 1. The first-order valence-electron chi connectivity index (χ1n) is 18.2. The Morgan fingerprint density at radius 1 is 0.940 bits per heavy atom. The Morgan fingerprint density at radius 3 is 2.46 bits per heavy atom. The minimum Gasteiger partial charge on any atom is -0.494 e. The van der Waals surface area contributed by atoms with E-state index < -0.39 is 0 Å². The average molecular weight is 667 g/mol. The van der Waals surface area contributed by atoms with E-state index in [1.807, 2.05) is 17.0 Å². The Kier molecular flexibility index (Phi) is 7.54. The molecule has 2 bridgehead atoms. The van der Waals surface area contributed by atoms with Gasteiger partial charge in [-0.25, -0.2) is 4.98 Å². The second kappa shape index (κ2) is 12.1. The molecule has 3 unspecified atom stereocenters. The number of ketones is 1. The number of fused-ring (bicyclic) bond motifs is 4. The maximum atomic E-state index is 14.1. The molecule has 254 valence electrons. The van der Waals surface area contributed by atoms with Gasteiger partial charge in [-0.2, -0.15) is 5.26 Å². The number of aromatic nitrogens is 3. The number of hydrogen-bond acceptors (Lipinski definition) is 6. The van der Waals surface area contributed by atoms with Crippen molar-refractivity contribution in [3.8, 4) is 23.3 Å². The number of likely N-dealkylation sites (tertiary alicyclic amines) is 1. The maximum absolute atomic E-state index is 14.1. The van der Waals surface area contributed by atoms with Crippen molar-refractivity contribution in [1.29, 1.82) is 5.26 Å². The molecule has 9 nitrogen and oxygen atoms in total. The van der Waals surface area contributed by atoms with E-state index in [2.05, 4.69) is 45.5 Å². The van der Waals surface area contributed by atoms with E-state index >= 15 is 0 Å². The number of nitrogens with zero attached hydrogens (tertiary/aromatic N) is 5. The second-order valence-corrected chi connectivity index (χ2v) is 15.1. The van der Waals surface area contributed by atoms with Gasteiger partial charge < -0.3 is 24.5 Å². The molecule has 3 heterocycles. The molecule has 50 heavy (non-hydrogen) atoms. The fraction of sp³-hybridized carbons (Fsp3) is 0.415. The highest BCUT2D eigenvalue weighted by Crippen LogP contribution is 2.49. The maximum Gasteiger partial charge on any atom is 0.253 e. The summed E-state index contributed by atoms with van der Waals surface area (Å²) in [5, 5.41) is 10.4. The summed E-state index contributed by atoms with van der Waals surface area (Å²) in [7, 11) is 1.67. The van der Waals surface area contributed by atoms with E-state index in [1.54, 1.807) is 31.4 Å². The SMILES string of the molecule is COc1cc(C(=O)C2CC3CCC2[C@@H]3N)cc2nc(-c3cc4ccccc4n3CC3CC3)n(C[C@H]3CCN(C(=O)c4ccc(C#N)cc4)C3)c12. The molecule has 3 aromatic carbocycles. The number of amides is 1. The van der Waals surface area contributed by atoms with Gasteiger partial charge in [-0.1, -0.05) is 18.2 Å². The molecule has 2 N–H and O–H groups in total. The number of ether oxygens (including phenoxy) is 1. The van der Waals surface area contributed by atoms with Gasteiger partial charge in [0.15, 0.2) is 11.6 Å². The Bertz CT molecular complexity index is 2190. The molecule has 1 aliphatic heterocycles. The van der Waals surface area contributed by atoms with Crippen LogP contribution in [0.3, 0.4) is 0 Å². The number of methoxy groups -OCH3 is 1. The van der Waals surface area contributed by atoms with Crippen molar-refractivity contribution in [2.45, 2.75) is 57.7 Å². The van der Waals surface area contributed by atoms with Gasteiger partial charge in [-0.15, -0.1) is 0 Å². The summed E-state index contributed by atoms with van der Waals surface area (Å²) in [6.07, 6.45) is 6.34. The van der Waals surface area contributed by atoms with E-state index in [0.717, 1.165) is 54.8 Å². The largest absolute Gasteiger partial charge is 0.494 e. The summed E-state index contributed by atoms with van der Waals surface area (Å²) in [5.74, 6) is 3.13. The van der Waals surface area contributed by atoms with E-state index in [0.29, 0.717) is 53.9 Å². The highest BCUT2D eigenvalue weighted by Gasteiger charge is 2.49. The normalized spacial score (nSPS) is 24.3. The summed E-state index contributed by atoms with van der Waals surface area (Å²) in [5.41, 5.74) is 12.2. The predicted molar refractivity (Wildman–Crippen MR) is 192 cm³/mol. The molecular formula is C41H42N6O3. The molecule has 9 rings (SSSR count). The Balaban J connectivity index is 1.12. The third kappa shape index (κ3) is 5.20. The van der Waals surface area contributed by atoms with Crippen LogP contribution < -0.4 is 10.5 Å². The molecule has 2 aromatic heterocycles. The second-order valence-electron chi connectivity index (χ2n) is 15.1. The van der Waals surface area contributed by atoms with Crippen LogP contribution in [-0.4, -0.2) is 56.9 Å². The number of Topliss-reactive ketones (excluding diaryl/α,β-unsaturated/α-hetero) is 1. The Morgan fingerprint density at radius 2 is 1.74 bits per heavy atom. The summed E-state index contributed by atoms with van der Waals surface area (Å²) in [4.78, 5) is 34.8. The standard InChI is InChI=1S/C41H42N6O3/c1-50-36-19-30(39(48)32-16-29-12-13-31(32)37(29)43)17-33-38(36)47(23-26-14-15-45(21-26)41(49)27-10-8-24(20-42)9-11-27)40(44-33)35-18-28-4-2-3-5-34(28)46(35)22-25-6-7-25/h2-5,8-11,17-19,25-26,29,31-32,37H,6-7,12-16,21-23,43H2,1H3/t26-,29?,31?,32?,37+/m0/s1. The summed E-state index contributed by atoms with van der Waals surface area (Å²) >= 11 is 0. The Hall–Kier alpha value is -4.94. The fourth-order valence-electron chi connectivity index (χ4n) is 9.25. The van der Waals surface area contributed by atoms with E-state index in [-0.39, 0.29) is 35.5 Å². The van der Waals surface area contributed by atoms with E-state index in [4.69, 9.17) is 15.5 Å². The number of carbonyl (C=O) groups is 2. The van der Waals surface area contributed by atoms with Gasteiger partial charge in [-0.3, -0.25) is 9.59 Å². The quantitative estimate of drug-likeness (QED) is 0.176. The highest BCUT2D eigenvalue weighted by atomic mass is 16.5. The van der Waals surface area contributed by atoms with Crippen LogP contribution in [0.15, 0.2) is 66.7 Å². The van der Waals surface area contributed by atoms with Crippen LogP contribution in [0, 0.1) is 40.9 Å². The molecule has 3 aliphatic carbocycles. The average Bonchev–Trinajstić information content (AvgIpc) is 3.45. The van der Waals surface area contributed by atoms with Crippen molar-refractivity contribution in [1.82, 2.24) is 19.0 Å². The molecule has 9 heteroatoms. The molecule has 4 aliphatic rings. The molecule has 5 aromatic rings. The molecule has 0 radical (unpaired) electrons. The minimum absolute atomic E-state index is 0.0154. The first-order valence-corrected chi connectivity index (χ1v) is 18.2. The van der Waals surface area contributed by atoms with Crippen molar-refractivity contribution in [2.75, 3.05) is 20.2 Å². The van der Waals surface area contributed by atoms with Crippen molar-refractivity contribution in [3.63, 3.8) is 0 Å². The number of nitrogens with two attached hydrogens (primary N) is 1. The third-order valence-corrected chi connectivity index (χ3v) is 12.1. The van der Waals surface area contributed by atoms with Crippen molar-refractivity contribution < 1.29 is 14.3 Å². The zero-order chi connectivity index (χ0) is 34.1. The topological polar surface area (TPSA) is 119 Å². The monoisotopic (exact) mass is 666 g/mol. The molecule has 5 atom stereocenters. The van der Waals surface area contributed by atoms with Crippen molar-refractivity contribution in [2.24, 2.45) is 35.3 Å². The van der Waals surface area contributed by atoms with Crippen LogP contribution in [0.5, 0.6) is 5.75 Å². The molecule has 1 saturated heterocycles. The van der Waals surface area contributed by atoms with Crippen LogP contribution in [0.4, 0.5) is 0 Å². The van der Waals surface area contributed by atoms with E-state index in [9.17, 15) is 14.9 Å². The van der Waals surface area contributed by atoms with Gasteiger partial charge in [0.2, 0.25) is 0 Å². The molecule has 3 saturated carbocycles. The number of rotatable bonds is 9. The fourth-order valence-corrected chi connectivity index (χ4v) is 9.25. The van der Waals surface area contributed by atoms with Crippen molar-refractivity contribution >= 4 is 33.6 Å². The summed E-state index contributed by atoms with van der Waals surface area (Å²) in [6, 6.07) is 23.8. The zero-order valence-corrected chi connectivity index (χ0v) is 28.4. The lowest BCUT2D eigenvalue weighted by molar-refractivity contribution is 0.0785. The number of benzene rings is 3. The van der Waals surface area contributed by atoms with Crippen molar-refractivity contribution in [3.05, 3.63) is 83.4 Å². The van der Waals surface area contributed by atoms with Gasteiger partial charge in [0.1, 0.15) is 11.3 Å². The van der Waals surface area contributed by atoms with Gasteiger partial charge >= 0.3 is 0 Å². The van der Waals surface area contributed by atoms with E-state index in [1.165, 1.54) is 23.7 Å². The lowest BCUT2D eigenvalue weighted by Crippen LogP contribution is -2.29. The Labute approximate surface area is 291 Å². The van der Waals surface area contributed by atoms with Crippen LogP contribution >= 0.6 is 0 Å². The number of para-hydroxylation sites is 1. The number of carbonyl (C=O) groups excluding carboxylic acids is 2. The lowest BCUT2D eigenvalue weighted by atomic mass is 9.83. The zero-order valence-electron chi connectivity index (χ0n) is 28.4. The molecule has 4 fully saturated rings. The minimum atomic E-state index is -0.0494. The van der Waals surface area contributed by atoms with Crippen LogP contribution in [0.25, 0.3) is 33.5 Å². The van der Waals surface area contributed by atoms with Crippen LogP contribution in [0.2, 0.25) is 0 Å². The van der Waals surface area contributed by atoms with Crippen LogP contribution in [0.1, 0.15) is 64.8 Å². The number of nitriles is 1. The summed E-state index contributed by atoms with van der Waals surface area (Å²) < 4.78 is 10.8. The van der Waals surface area contributed by atoms with Gasteiger partial charge in [-0.05, 0) is 111 Å². The molecular weight excluding hydrogens is 624 g/mol.